The lowest BCUT2D eigenvalue weighted by Gasteiger charge is -2.23. The normalized spacial score (nSPS) is 15.0. The minimum absolute atomic E-state index is 0.120. The lowest BCUT2D eigenvalue weighted by Crippen LogP contribution is -2.20. The number of unbranched alkanes of at least 4 members (excludes halogenated alkanes) is 1. The highest BCUT2D eigenvalue weighted by Crippen LogP contribution is 2.31. The molecule has 0 saturated carbocycles. The number of alkyl halides is 3. The Kier molecular flexibility index (Phi) is 7.23. The van der Waals surface area contributed by atoms with Crippen LogP contribution in [-0.4, -0.2) is 7.05 Å². The van der Waals surface area contributed by atoms with Crippen LogP contribution in [0.4, 0.5) is 13.2 Å². The molecule has 0 aliphatic rings. The highest BCUT2D eigenvalue weighted by Gasteiger charge is 2.30. The molecular weight excluding hydrogens is 275 g/mol. The molecule has 2 atom stereocenters. The van der Waals surface area contributed by atoms with E-state index in [4.69, 9.17) is 0 Å². The first-order valence-corrected chi connectivity index (χ1v) is 7.76. The van der Waals surface area contributed by atoms with Crippen molar-refractivity contribution in [3.05, 3.63) is 35.4 Å². The minimum Gasteiger partial charge on any atom is -0.313 e. The zero-order chi connectivity index (χ0) is 15.9. The number of nitrogens with one attached hydrogen (secondary N) is 1. The molecule has 1 aromatic carbocycles. The van der Waals surface area contributed by atoms with Gasteiger partial charge < -0.3 is 5.32 Å². The summed E-state index contributed by atoms with van der Waals surface area (Å²) >= 11 is 0. The molecule has 1 nitrogen and oxygen atoms in total. The molecule has 0 aliphatic heterocycles. The second-order valence-corrected chi connectivity index (χ2v) is 5.61. The van der Waals surface area contributed by atoms with Crippen molar-refractivity contribution in [3.63, 3.8) is 0 Å². The summed E-state index contributed by atoms with van der Waals surface area (Å²) in [6.45, 7) is 4.36. The van der Waals surface area contributed by atoms with E-state index in [1.54, 1.807) is 12.1 Å². The van der Waals surface area contributed by atoms with Gasteiger partial charge in [-0.3, -0.25) is 0 Å². The monoisotopic (exact) mass is 301 g/mol. The lowest BCUT2D eigenvalue weighted by molar-refractivity contribution is -0.137. The molecular formula is C17H26F3N. The first-order valence-electron chi connectivity index (χ1n) is 7.76. The zero-order valence-corrected chi connectivity index (χ0v) is 13.1. The quantitative estimate of drug-likeness (QED) is 0.661. The average molecular weight is 301 g/mol. The average Bonchev–Trinajstić information content (AvgIpc) is 2.47. The number of benzene rings is 1. The second-order valence-electron chi connectivity index (χ2n) is 5.61. The molecule has 4 heteroatoms. The summed E-state index contributed by atoms with van der Waals surface area (Å²) in [4.78, 5) is 0. The van der Waals surface area contributed by atoms with E-state index in [0.717, 1.165) is 18.4 Å². The summed E-state index contributed by atoms with van der Waals surface area (Å²) in [7, 11) is 1.87. The maximum absolute atomic E-state index is 12.6. The smallest absolute Gasteiger partial charge is 0.313 e. The third kappa shape index (κ3) is 5.70. The van der Waals surface area contributed by atoms with Gasteiger partial charge in [-0.15, -0.1) is 0 Å². The van der Waals surface area contributed by atoms with Crippen LogP contribution in [0.15, 0.2) is 24.3 Å². The van der Waals surface area contributed by atoms with Crippen molar-refractivity contribution < 1.29 is 13.2 Å². The fraction of sp³-hybridized carbons (Fsp3) is 0.647. The van der Waals surface area contributed by atoms with Crippen molar-refractivity contribution in [2.45, 2.75) is 58.2 Å². The molecule has 1 aromatic rings. The van der Waals surface area contributed by atoms with E-state index >= 15 is 0 Å². The summed E-state index contributed by atoms with van der Waals surface area (Å²) in [6, 6.07) is 5.65. The highest BCUT2D eigenvalue weighted by atomic mass is 19.4. The van der Waals surface area contributed by atoms with Gasteiger partial charge in [0, 0.05) is 6.04 Å². The van der Waals surface area contributed by atoms with Gasteiger partial charge >= 0.3 is 6.18 Å². The fourth-order valence-corrected chi connectivity index (χ4v) is 2.64. The SMILES string of the molecule is CCCCC(CC)CC(NC)c1ccc(C(F)(F)F)cc1. The van der Waals surface area contributed by atoms with Crippen molar-refractivity contribution in [1.29, 1.82) is 0 Å². The third-order valence-electron chi connectivity index (χ3n) is 4.10. The number of rotatable bonds is 8. The summed E-state index contributed by atoms with van der Waals surface area (Å²) in [5, 5.41) is 3.24. The Morgan fingerprint density at radius 1 is 1.10 bits per heavy atom. The van der Waals surface area contributed by atoms with E-state index < -0.39 is 11.7 Å². The molecule has 0 aliphatic carbocycles. The van der Waals surface area contributed by atoms with Crippen LogP contribution in [0.2, 0.25) is 0 Å². The highest BCUT2D eigenvalue weighted by molar-refractivity contribution is 5.26. The van der Waals surface area contributed by atoms with Gasteiger partial charge in [0.05, 0.1) is 5.56 Å². The Hall–Kier alpha value is -1.03. The van der Waals surface area contributed by atoms with Gasteiger partial charge in [-0.1, -0.05) is 51.7 Å². The van der Waals surface area contributed by atoms with Crippen LogP contribution < -0.4 is 5.32 Å². The van der Waals surface area contributed by atoms with Crippen molar-refractivity contribution >= 4 is 0 Å². The first kappa shape index (κ1) is 18.0. The minimum atomic E-state index is -4.26. The molecule has 0 radical (unpaired) electrons. The molecule has 0 fully saturated rings. The van der Waals surface area contributed by atoms with E-state index in [9.17, 15) is 13.2 Å². The molecule has 0 aromatic heterocycles. The van der Waals surface area contributed by atoms with Crippen LogP contribution in [0.1, 0.15) is 63.1 Å². The van der Waals surface area contributed by atoms with E-state index in [1.165, 1.54) is 31.4 Å². The molecule has 1 rings (SSSR count). The first-order chi connectivity index (χ1) is 9.92. The van der Waals surface area contributed by atoms with Crippen molar-refractivity contribution in [2.75, 3.05) is 7.05 Å². The molecule has 120 valence electrons. The molecule has 1 N–H and O–H groups in total. The van der Waals surface area contributed by atoms with Gasteiger partial charge in [0.1, 0.15) is 0 Å². The molecule has 0 spiro atoms. The van der Waals surface area contributed by atoms with Gasteiger partial charge in [-0.2, -0.15) is 13.2 Å². The van der Waals surface area contributed by atoms with Crippen molar-refractivity contribution in [2.24, 2.45) is 5.92 Å². The van der Waals surface area contributed by atoms with E-state index in [2.05, 4.69) is 19.2 Å². The van der Waals surface area contributed by atoms with Crippen LogP contribution in [0.5, 0.6) is 0 Å². The van der Waals surface area contributed by atoms with Crippen LogP contribution >= 0.6 is 0 Å². The summed E-state index contributed by atoms with van der Waals surface area (Å²) in [5.74, 6) is 0.615. The summed E-state index contributed by atoms with van der Waals surface area (Å²) in [6.07, 6.45) is 1.40. The van der Waals surface area contributed by atoms with Gasteiger partial charge in [-0.05, 0) is 37.1 Å². The van der Waals surface area contributed by atoms with Crippen LogP contribution in [0.25, 0.3) is 0 Å². The van der Waals surface area contributed by atoms with Crippen molar-refractivity contribution in [3.8, 4) is 0 Å². The Labute approximate surface area is 125 Å². The van der Waals surface area contributed by atoms with Gasteiger partial charge in [0.15, 0.2) is 0 Å². The molecule has 0 bridgehead atoms. The van der Waals surface area contributed by atoms with Crippen LogP contribution in [-0.2, 0) is 6.18 Å². The van der Waals surface area contributed by atoms with Gasteiger partial charge in [0.25, 0.3) is 0 Å². The molecule has 0 heterocycles. The maximum Gasteiger partial charge on any atom is 0.416 e. The molecule has 21 heavy (non-hydrogen) atoms. The fourth-order valence-electron chi connectivity index (χ4n) is 2.64. The lowest BCUT2D eigenvalue weighted by atomic mass is 9.89. The predicted octanol–water partition coefficient (Wildman–Crippen LogP) is 5.57. The summed E-state index contributed by atoms with van der Waals surface area (Å²) < 4.78 is 37.8. The standard InChI is InChI=1S/C17H26F3N/c1-4-6-7-13(5-2)12-16(21-3)14-8-10-15(11-9-14)17(18,19)20/h8-11,13,16,21H,4-7,12H2,1-3H3. The third-order valence-corrected chi connectivity index (χ3v) is 4.10. The predicted molar refractivity (Wildman–Crippen MR) is 81.2 cm³/mol. The maximum atomic E-state index is 12.6. The van der Waals surface area contributed by atoms with Crippen LogP contribution in [0.3, 0.4) is 0 Å². The largest absolute Gasteiger partial charge is 0.416 e. The van der Waals surface area contributed by atoms with E-state index in [0.29, 0.717) is 5.92 Å². The zero-order valence-electron chi connectivity index (χ0n) is 13.1. The number of halogens is 3. The molecule has 0 amide bonds. The Bertz CT molecular complexity index is 397. The Morgan fingerprint density at radius 2 is 1.71 bits per heavy atom. The van der Waals surface area contributed by atoms with Crippen LogP contribution in [0, 0.1) is 5.92 Å². The Balaban J connectivity index is 2.75. The van der Waals surface area contributed by atoms with Gasteiger partial charge in [0.2, 0.25) is 0 Å². The number of hydrogen-bond donors (Lipinski definition) is 1. The number of hydrogen-bond acceptors (Lipinski definition) is 1. The van der Waals surface area contributed by atoms with E-state index in [1.807, 2.05) is 7.05 Å². The van der Waals surface area contributed by atoms with Gasteiger partial charge in [-0.25, -0.2) is 0 Å². The summed E-state index contributed by atoms with van der Waals surface area (Å²) in [5.41, 5.74) is 0.347. The second kappa shape index (κ2) is 8.42. The van der Waals surface area contributed by atoms with E-state index in [-0.39, 0.29) is 6.04 Å². The Morgan fingerprint density at radius 3 is 2.14 bits per heavy atom. The molecule has 2 unspecified atom stereocenters. The molecule has 0 saturated heterocycles. The van der Waals surface area contributed by atoms with Crippen molar-refractivity contribution in [1.82, 2.24) is 5.32 Å². The topological polar surface area (TPSA) is 12.0 Å².